The summed E-state index contributed by atoms with van der Waals surface area (Å²) in [7, 11) is -4.87. The van der Waals surface area contributed by atoms with E-state index in [2.05, 4.69) is 9.68 Å². The Kier molecular flexibility index (Phi) is 5.85. The van der Waals surface area contributed by atoms with Crippen LogP contribution < -0.4 is 11.2 Å². The van der Waals surface area contributed by atoms with Crippen LogP contribution in [0.25, 0.3) is 11.0 Å². The second kappa shape index (κ2) is 8.33. The maximum Gasteiger partial charge on any atom is 0.469 e. The first-order valence-corrected chi connectivity index (χ1v) is 10.7. The summed E-state index contributed by atoms with van der Waals surface area (Å²) in [6.07, 6.45) is -5.12. The van der Waals surface area contributed by atoms with Crippen molar-refractivity contribution in [2.45, 2.75) is 31.1 Å². The summed E-state index contributed by atoms with van der Waals surface area (Å²) in [5, 5.41) is 24.4. The third kappa shape index (κ3) is 4.17. The van der Waals surface area contributed by atoms with Gasteiger partial charge in [0.15, 0.2) is 12.0 Å². The molecule has 1 aliphatic rings. The van der Waals surface area contributed by atoms with Gasteiger partial charge in [-0.05, 0) is 12.1 Å². The molecule has 1 fully saturated rings. The lowest BCUT2D eigenvalue weighted by Crippen LogP contribution is -2.43. The highest BCUT2D eigenvalue weighted by Gasteiger charge is 2.45. The molecule has 0 bridgehead atoms. The molecule has 4 N–H and O–H groups in total. The molecule has 172 valence electrons. The Hall–Kier alpha value is -2.71. The van der Waals surface area contributed by atoms with Gasteiger partial charge < -0.3 is 29.3 Å². The summed E-state index contributed by atoms with van der Waals surface area (Å²) in [4.78, 5) is 42.9. The number of hydrogen-bond acceptors (Lipinski definition) is 9. The van der Waals surface area contributed by atoms with Gasteiger partial charge in [-0.1, -0.05) is 11.2 Å². The van der Waals surface area contributed by atoms with E-state index in [1.165, 1.54) is 12.1 Å². The number of aliphatic hydroxyl groups excluding tert-OH is 2. The van der Waals surface area contributed by atoms with Gasteiger partial charge >= 0.3 is 13.5 Å². The first kappa shape index (κ1) is 22.5. The number of phosphoric ester groups is 1. The number of benzene rings is 1. The lowest BCUT2D eigenvalue weighted by Gasteiger charge is -2.18. The predicted octanol–water partition coefficient (Wildman–Crippen LogP) is -0.933. The lowest BCUT2D eigenvalue weighted by molar-refractivity contribution is -0.0548. The zero-order valence-electron chi connectivity index (χ0n) is 16.0. The number of aliphatic hydroxyl groups is 2. The molecule has 3 heterocycles. The van der Waals surface area contributed by atoms with Crippen LogP contribution in [0, 0.1) is 5.82 Å². The van der Waals surface area contributed by atoms with E-state index in [-0.39, 0.29) is 23.2 Å². The minimum absolute atomic E-state index is 0.109. The number of para-hydroxylation sites is 1. The van der Waals surface area contributed by atoms with E-state index in [1.54, 1.807) is 0 Å². The van der Waals surface area contributed by atoms with Crippen molar-refractivity contribution >= 4 is 18.8 Å². The van der Waals surface area contributed by atoms with Gasteiger partial charge in [0.05, 0.1) is 13.2 Å². The van der Waals surface area contributed by atoms with Crippen LogP contribution in [0.15, 0.2) is 44.6 Å². The Balaban J connectivity index is 1.65. The molecule has 13 nitrogen and oxygen atoms in total. The molecule has 15 heteroatoms. The number of phosphoric acid groups is 1. The molecule has 1 aliphatic heterocycles. The molecule has 0 unspecified atom stereocenters. The molecule has 0 aliphatic carbocycles. The van der Waals surface area contributed by atoms with E-state index in [9.17, 15) is 28.8 Å². The van der Waals surface area contributed by atoms with Crippen LogP contribution in [0.3, 0.4) is 0 Å². The van der Waals surface area contributed by atoms with Crippen LogP contribution in [-0.2, 0) is 20.4 Å². The Morgan fingerprint density at radius 2 is 1.94 bits per heavy atom. The molecular weight excluding hydrogens is 456 g/mol. The third-order valence-electron chi connectivity index (χ3n) is 4.95. The maximum absolute atomic E-state index is 13.8. The van der Waals surface area contributed by atoms with E-state index in [0.29, 0.717) is 0 Å². The third-order valence-corrected chi connectivity index (χ3v) is 5.43. The summed E-state index contributed by atoms with van der Waals surface area (Å²) in [6.45, 7) is -1.14. The van der Waals surface area contributed by atoms with Crippen molar-refractivity contribution in [3.05, 3.63) is 62.8 Å². The van der Waals surface area contributed by atoms with Gasteiger partial charge in [0.25, 0.3) is 5.56 Å². The molecule has 4 rings (SSSR count). The van der Waals surface area contributed by atoms with E-state index < -0.39 is 56.0 Å². The summed E-state index contributed by atoms with van der Waals surface area (Å²) in [6, 6.07) is 5.08. The molecule has 4 atom stereocenters. The molecule has 0 saturated carbocycles. The standard InChI is InChI=1S/C17H17FN3O10P/c18-9-3-1-2-8-10(19-31-15(8)9)6-21-12(22)4-5-20(17(21)25)16-14(24)13(23)11(30-16)7-29-32(26,27)28/h1-5,11,13-14,16,23-24H,6-7H2,(H2,26,27,28)/t11-,13+,14+,16-/m1/s1. The lowest BCUT2D eigenvalue weighted by atomic mass is 10.1. The van der Waals surface area contributed by atoms with Gasteiger partial charge in [-0.25, -0.2) is 13.8 Å². The van der Waals surface area contributed by atoms with E-state index >= 15 is 0 Å². The van der Waals surface area contributed by atoms with Crippen LogP contribution in [0.1, 0.15) is 11.9 Å². The fourth-order valence-corrected chi connectivity index (χ4v) is 3.72. The second-order valence-electron chi connectivity index (χ2n) is 7.01. The average molecular weight is 473 g/mol. The smallest absolute Gasteiger partial charge is 0.387 e. The molecule has 2 aromatic heterocycles. The molecular formula is C17H17FN3O10P. The van der Waals surface area contributed by atoms with Crippen molar-refractivity contribution in [2.75, 3.05) is 6.61 Å². The molecule has 32 heavy (non-hydrogen) atoms. The number of halogens is 1. The summed E-state index contributed by atoms with van der Waals surface area (Å²) >= 11 is 0. The highest BCUT2D eigenvalue weighted by atomic mass is 31.2. The predicted molar refractivity (Wildman–Crippen MR) is 102 cm³/mol. The van der Waals surface area contributed by atoms with Crippen LogP contribution in [0.4, 0.5) is 4.39 Å². The van der Waals surface area contributed by atoms with E-state index in [0.717, 1.165) is 27.5 Å². The number of aromatic nitrogens is 3. The molecule has 0 spiro atoms. The Morgan fingerprint density at radius 3 is 2.66 bits per heavy atom. The van der Waals surface area contributed by atoms with Gasteiger partial charge in [-0.15, -0.1) is 0 Å². The zero-order valence-corrected chi connectivity index (χ0v) is 16.9. The Bertz CT molecular complexity index is 1310. The van der Waals surface area contributed by atoms with Crippen molar-refractivity contribution in [2.24, 2.45) is 0 Å². The van der Waals surface area contributed by atoms with Crippen molar-refractivity contribution < 1.29 is 42.7 Å². The summed E-state index contributed by atoms with van der Waals surface area (Å²) in [5.74, 6) is -0.667. The first-order chi connectivity index (χ1) is 15.1. The number of rotatable bonds is 6. The highest BCUT2D eigenvalue weighted by Crippen LogP contribution is 2.38. The van der Waals surface area contributed by atoms with Gasteiger partial charge in [0.1, 0.15) is 24.0 Å². The number of nitrogens with zero attached hydrogens (tertiary/aromatic N) is 3. The molecule has 1 saturated heterocycles. The Labute approximate surface area is 177 Å². The van der Waals surface area contributed by atoms with Crippen LogP contribution in [0.5, 0.6) is 0 Å². The highest BCUT2D eigenvalue weighted by molar-refractivity contribution is 7.46. The molecule has 0 amide bonds. The van der Waals surface area contributed by atoms with Crippen LogP contribution in [-0.4, -0.2) is 59.2 Å². The van der Waals surface area contributed by atoms with Crippen molar-refractivity contribution in [1.29, 1.82) is 0 Å². The van der Waals surface area contributed by atoms with Gasteiger partial charge in [-0.2, -0.15) is 0 Å². The van der Waals surface area contributed by atoms with Gasteiger partial charge in [-0.3, -0.25) is 18.5 Å². The first-order valence-electron chi connectivity index (χ1n) is 9.13. The molecule has 1 aromatic carbocycles. The minimum Gasteiger partial charge on any atom is -0.387 e. The second-order valence-corrected chi connectivity index (χ2v) is 8.25. The monoisotopic (exact) mass is 473 g/mol. The quantitative estimate of drug-likeness (QED) is 0.324. The number of hydrogen-bond donors (Lipinski definition) is 4. The SMILES string of the molecule is O=c1ccn([C@@H]2O[C@H](COP(=O)(O)O)[C@H](O)[C@@H]2O)c(=O)n1Cc1noc2c(F)cccc12. The minimum atomic E-state index is -4.87. The van der Waals surface area contributed by atoms with Gasteiger partial charge in [0, 0.05) is 17.6 Å². The van der Waals surface area contributed by atoms with Gasteiger partial charge in [0.2, 0.25) is 5.58 Å². The normalized spacial score (nSPS) is 23.8. The topological polar surface area (TPSA) is 186 Å². The average Bonchev–Trinajstić information content (AvgIpc) is 3.26. The van der Waals surface area contributed by atoms with Crippen molar-refractivity contribution in [1.82, 2.24) is 14.3 Å². The van der Waals surface area contributed by atoms with E-state index in [1.807, 2.05) is 0 Å². The number of ether oxygens (including phenoxy) is 1. The fourth-order valence-electron chi connectivity index (χ4n) is 3.38. The summed E-state index contributed by atoms with van der Waals surface area (Å²) in [5.41, 5.74) is -1.71. The molecule has 3 aromatic rings. The van der Waals surface area contributed by atoms with Crippen molar-refractivity contribution in [3.8, 4) is 0 Å². The fraction of sp³-hybridized carbons (Fsp3) is 0.353. The van der Waals surface area contributed by atoms with E-state index in [4.69, 9.17) is 19.0 Å². The molecule has 0 radical (unpaired) electrons. The summed E-state index contributed by atoms with van der Waals surface area (Å²) < 4.78 is 40.8. The largest absolute Gasteiger partial charge is 0.469 e. The van der Waals surface area contributed by atoms with Crippen LogP contribution in [0.2, 0.25) is 0 Å². The maximum atomic E-state index is 13.8. The Morgan fingerprint density at radius 1 is 1.19 bits per heavy atom. The van der Waals surface area contributed by atoms with Crippen molar-refractivity contribution in [3.63, 3.8) is 0 Å². The van der Waals surface area contributed by atoms with Crippen LogP contribution >= 0.6 is 7.82 Å². The zero-order chi connectivity index (χ0) is 23.2. The number of fused-ring (bicyclic) bond motifs is 1.